The van der Waals surface area contributed by atoms with E-state index in [4.69, 9.17) is 5.11 Å². The first-order valence-electron chi connectivity index (χ1n) is 6.94. The fourth-order valence-electron chi connectivity index (χ4n) is 2.29. The van der Waals surface area contributed by atoms with E-state index in [1.54, 1.807) is 0 Å². The molecule has 0 spiro atoms. The van der Waals surface area contributed by atoms with E-state index in [1.165, 1.54) is 17.0 Å². The van der Waals surface area contributed by atoms with Crippen molar-refractivity contribution < 1.29 is 32.6 Å². The van der Waals surface area contributed by atoms with Crippen LogP contribution in [0, 0.1) is 5.92 Å². The number of likely N-dealkylation sites (tertiary alicyclic amines) is 1. The maximum Gasteiger partial charge on any atom is 0.422 e. The molecule has 23 heavy (non-hydrogen) atoms. The van der Waals surface area contributed by atoms with Gasteiger partial charge in [-0.25, -0.2) is 4.98 Å². The topological polar surface area (TPSA) is 79.7 Å². The number of carbonyl (C=O) groups is 2. The quantitative estimate of drug-likeness (QED) is 0.912. The predicted molar refractivity (Wildman–Crippen MR) is 72.1 cm³/mol. The van der Waals surface area contributed by atoms with Crippen molar-refractivity contribution in [1.82, 2.24) is 9.88 Å². The van der Waals surface area contributed by atoms with Crippen LogP contribution in [0.1, 0.15) is 23.2 Å². The van der Waals surface area contributed by atoms with Gasteiger partial charge in [0.2, 0.25) is 5.88 Å². The van der Waals surface area contributed by atoms with Crippen LogP contribution in [-0.2, 0) is 4.79 Å². The van der Waals surface area contributed by atoms with Crippen LogP contribution in [-0.4, -0.2) is 52.7 Å². The number of nitrogens with zero attached hydrogens (tertiary/aromatic N) is 2. The number of hydrogen-bond donors (Lipinski definition) is 1. The van der Waals surface area contributed by atoms with Gasteiger partial charge in [0.25, 0.3) is 5.91 Å². The second-order valence-corrected chi connectivity index (χ2v) is 5.22. The van der Waals surface area contributed by atoms with Crippen LogP contribution in [0.15, 0.2) is 18.3 Å². The third kappa shape index (κ3) is 4.83. The van der Waals surface area contributed by atoms with Gasteiger partial charge >= 0.3 is 12.1 Å². The van der Waals surface area contributed by atoms with Gasteiger partial charge in [-0.15, -0.1) is 0 Å². The summed E-state index contributed by atoms with van der Waals surface area (Å²) in [6, 6.07) is 2.49. The molecule has 0 bridgehead atoms. The molecule has 0 aromatic carbocycles. The van der Waals surface area contributed by atoms with Gasteiger partial charge < -0.3 is 14.7 Å². The summed E-state index contributed by atoms with van der Waals surface area (Å²) in [5, 5.41) is 9.01. The fraction of sp³-hybridized carbons (Fsp3) is 0.500. The van der Waals surface area contributed by atoms with Gasteiger partial charge in [0.1, 0.15) is 0 Å². The standard InChI is InChI=1S/C14H15F3N2O4/c15-14(16,17)8-23-11-4-3-9(6-18-11)12(20)19-5-1-2-10(7-19)13(21)22/h3-4,6,10H,1-2,5,7-8H2,(H,21,22)/t10-/m0/s1. The minimum atomic E-state index is -4.46. The van der Waals surface area contributed by atoms with E-state index >= 15 is 0 Å². The van der Waals surface area contributed by atoms with Crippen LogP contribution < -0.4 is 4.74 Å². The molecule has 0 radical (unpaired) electrons. The molecule has 2 heterocycles. The van der Waals surface area contributed by atoms with E-state index in [-0.39, 0.29) is 18.0 Å². The minimum absolute atomic E-state index is 0.112. The van der Waals surface area contributed by atoms with Crippen molar-refractivity contribution in [3.05, 3.63) is 23.9 Å². The van der Waals surface area contributed by atoms with E-state index in [1.807, 2.05) is 0 Å². The number of aliphatic carboxylic acids is 1. The van der Waals surface area contributed by atoms with Crippen molar-refractivity contribution in [2.75, 3.05) is 19.7 Å². The molecule has 0 aliphatic carbocycles. The lowest BCUT2D eigenvalue weighted by atomic mass is 9.98. The number of amides is 1. The van der Waals surface area contributed by atoms with E-state index in [2.05, 4.69) is 9.72 Å². The van der Waals surface area contributed by atoms with Crippen molar-refractivity contribution >= 4 is 11.9 Å². The Balaban J connectivity index is 1.98. The third-order valence-electron chi connectivity index (χ3n) is 3.42. The highest BCUT2D eigenvalue weighted by Gasteiger charge is 2.30. The van der Waals surface area contributed by atoms with Crippen LogP contribution in [0.3, 0.4) is 0 Å². The Bertz CT molecular complexity index is 574. The zero-order valence-corrected chi connectivity index (χ0v) is 12.0. The monoisotopic (exact) mass is 332 g/mol. The summed E-state index contributed by atoms with van der Waals surface area (Å²) in [5.41, 5.74) is 0.176. The number of ether oxygens (including phenoxy) is 1. The van der Waals surface area contributed by atoms with Gasteiger partial charge in [0, 0.05) is 25.4 Å². The lowest BCUT2D eigenvalue weighted by molar-refractivity contribution is -0.154. The number of carboxylic acids is 1. The average Bonchev–Trinajstić information content (AvgIpc) is 2.52. The largest absolute Gasteiger partial charge is 0.481 e. The van der Waals surface area contributed by atoms with Gasteiger partial charge in [-0.05, 0) is 18.9 Å². The summed E-state index contributed by atoms with van der Waals surface area (Å²) in [7, 11) is 0. The number of halogens is 3. The number of alkyl halides is 3. The summed E-state index contributed by atoms with van der Waals surface area (Å²) in [6.07, 6.45) is -2.24. The zero-order chi connectivity index (χ0) is 17.0. The van der Waals surface area contributed by atoms with Crippen molar-refractivity contribution in [3.8, 4) is 5.88 Å². The maximum absolute atomic E-state index is 12.3. The number of aromatic nitrogens is 1. The molecule has 126 valence electrons. The molecule has 1 aromatic heterocycles. The summed E-state index contributed by atoms with van der Waals surface area (Å²) in [5.74, 6) is -2.18. The number of piperidine rings is 1. The highest BCUT2D eigenvalue weighted by atomic mass is 19.4. The van der Waals surface area contributed by atoms with E-state index < -0.39 is 30.6 Å². The van der Waals surface area contributed by atoms with E-state index in [0.717, 1.165) is 6.20 Å². The molecular weight excluding hydrogens is 317 g/mol. The van der Waals surface area contributed by atoms with Crippen molar-refractivity contribution in [2.45, 2.75) is 19.0 Å². The molecular formula is C14H15F3N2O4. The highest BCUT2D eigenvalue weighted by Crippen LogP contribution is 2.20. The molecule has 2 rings (SSSR count). The van der Waals surface area contributed by atoms with Gasteiger partial charge in [-0.3, -0.25) is 9.59 Å². The molecule has 1 aliphatic heterocycles. The van der Waals surface area contributed by atoms with Crippen LogP contribution in [0.4, 0.5) is 13.2 Å². The Hall–Kier alpha value is -2.32. The van der Waals surface area contributed by atoms with Crippen LogP contribution in [0.2, 0.25) is 0 Å². The molecule has 1 atom stereocenters. The number of hydrogen-bond acceptors (Lipinski definition) is 4. The normalized spacial score (nSPS) is 18.6. The van der Waals surface area contributed by atoms with Crippen LogP contribution in [0.25, 0.3) is 0 Å². The predicted octanol–water partition coefficient (Wildman–Crippen LogP) is 1.96. The Morgan fingerprint density at radius 3 is 2.70 bits per heavy atom. The number of carbonyl (C=O) groups excluding carboxylic acids is 1. The first-order chi connectivity index (χ1) is 10.8. The second-order valence-electron chi connectivity index (χ2n) is 5.22. The zero-order valence-electron chi connectivity index (χ0n) is 12.0. The minimum Gasteiger partial charge on any atom is -0.481 e. The van der Waals surface area contributed by atoms with E-state index in [0.29, 0.717) is 19.4 Å². The van der Waals surface area contributed by atoms with Gasteiger partial charge in [0.15, 0.2) is 6.61 Å². The van der Waals surface area contributed by atoms with Crippen molar-refractivity contribution in [3.63, 3.8) is 0 Å². The average molecular weight is 332 g/mol. The van der Waals surface area contributed by atoms with E-state index in [9.17, 15) is 22.8 Å². The Kier molecular flexibility index (Phi) is 5.07. The molecule has 0 saturated carbocycles. The SMILES string of the molecule is O=C(O)[C@H]1CCCN(C(=O)c2ccc(OCC(F)(F)F)nc2)C1. The Morgan fingerprint density at radius 2 is 2.13 bits per heavy atom. The number of pyridine rings is 1. The molecule has 1 aliphatic rings. The molecule has 1 fully saturated rings. The lowest BCUT2D eigenvalue weighted by Gasteiger charge is -2.30. The first kappa shape index (κ1) is 17.0. The molecule has 1 N–H and O–H groups in total. The summed E-state index contributed by atoms with van der Waals surface area (Å²) >= 11 is 0. The fourth-order valence-corrected chi connectivity index (χ4v) is 2.29. The smallest absolute Gasteiger partial charge is 0.422 e. The van der Waals surface area contributed by atoms with Crippen molar-refractivity contribution in [1.29, 1.82) is 0 Å². The Labute approximate surface area is 129 Å². The van der Waals surface area contributed by atoms with Crippen LogP contribution in [0.5, 0.6) is 5.88 Å². The van der Waals surface area contributed by atoms with Gasteiger partial charge in [-0.1, -0.05) is 0 Å². The summed E-state index contributed by atoms with van der Waals surface area (Å²) < 4.78 is 40.6. The molecule has 0 unspecified atom stereocenters. The van der Waals surface area contributed by atoms with Crippen LogP contribution >= 0.6 is 0 Å². The van der Waals surface area contributed by atoms with Crippen molar-refractivity contribution in [2.24, 2.45) is 5.92 Å². The van der Waals surface area contributed by atoms with Gasteiger partial charge in [-0.2, -0.15) is 13.2 Å². The maximum atomic E-state index is 12.3. The Morgan fingerprint density at radius 1 is 1.39 bits per heavy atom. The number of carboxylic acid groups (broad SMARTS) is 1. The number of rotatable bonds is 4. The van der Waals surface area contributed by atoms with Gasteiger partial charge in [0.05, 0.1) is 11.5 Å². The molecule has 6 nitrogen and oxygen atoms in total. The summed E-state index contributed by atoms with van der Waals surface area (Å²) in [6.45, 7) is -0.908. The molecule has 1 saturated heterocycles. The second kappa shape index (κ2) is 6.84. The lowest BCUT2D eigenvalue weighted by Crippen LogP contribution is -2.42. The highest BCUT2D eigenvalue weighted by molar-refractivity contribution is 5.94. The first-order valence-corrected chi connectivity index (χ1v) is 6.94. The third-order valence-corrected chi connectivity index (χ3v) is 3.42. The molecule has 1 aromatic rings. The molecule has 9 heteroatoms. The molecule has 1 amide bonds. The summed E-state index contributed by atoms with van der Waals surface area (Å²) in [4.78, 5) is 28.3.